The normalized spacial score (nSPS) is 47.2. The number of rotatable bonds is 5. The zero-order valence-electron chi connectivity index (χ0n) is 15.5. The van der Waals surface area contributed by atoms with E-state index >= 15 is 0 Å². The monoisotopic (exact) mass is 422 g/mol. The first kappa shape index (κ1) is 22.3. The molecule has 3 aliphatic rings. The smallest absolute Gasteiger partial charge is 0.337 e. The molecule has 2 fully saturated rings. The van der Waals surface area contributed by atoms with Crippen molar-refractivity contribution in [3.8, 4) is 0 Å². The van der Waals surface area contributed by atoms with Gasteiger partial charge in [0.1, 0.15) is 24.4 Å². The Morgan fingerprint density at radius 3 is 2.24 bits per heavy atom. The third-order valence-electron chi connectivity index (χ3n) is 5.82. The Kier molecular flexibility index (Phi) is 6.77. The first-order valence-electron chi connectivity index (χ1n) is 9.13. The van der Waals surface area contributed by atoms with Gasteiger partial charge in [0.05, 0.1) is 37.8 Å². The predicted molar refractivity (Wildman–Crippen MR) is 89.4 cm³/mol. The van der Waals surface area contributed by atoms with Crippen molar-refractivity contribution in [3.05, 3.63) is 11.8 Å². The zero-order chi connectivity index (χ0) is 21.5. The van der Waals surface area contributed by atoms with Crippen molar-refractivity contribution in [2.75, 3.05) is 20.3 Å². The molecule has 0 amide bonds. The summed E-state index contributed by atoms with van der Waals surface area (Å²) in [5.74, 6) is -3.68. The van der Waals surface area contributed by atoms with E-state index in [2.05, 4.69) is 4.74 Å². The van der Waals surface area contributed by atoms with Gasteiger partial charge in [-0.1, -0.05) is 0 Å². The number of aliphatic hydroxyl groups excluding tert-OH is 7. The molecule has 7 N–H and O–H groups in total. The molecule has 1 saturated carbocycles. The third kappa shape index (κ3) is 3.76. The maximum atomic E-state index is 12.0. The van der Waals surface area contributed by atoms with Crippen LogP contribution in [0.3, 0.4) is 0 Å². The van der Waals surface area contributed by atoms with Crippen molar-refractivity contribution in [2.24, 2.45) is 17.8 Å². The zero-order valence-corrected chi connectivity index (χ0v) is 15.5. The van der Waals surface area contributed by atoms with E-state index in [1.807, 2.05) is 0 Å². The Bertz CT molecular complexity index is 624. The Balaban J connectivity index is 1.87. The Labute approximate surface area is 165 Å². The Hall–Kier alpha value is -1.35. The maximum absolute atomic E-state index is 12.0. The van der Waals surface area contributed by atoms with E-state index in [0.717, 1.165) is 13.4 Å². The molecule has 0 aromatic rings. The van der Waals surface area contributed by atoms with E-state index in [4.69, 9.17) is 14.2 Å². The second-order valence-electron chi connectivity index (χ2n) is 7.33. The van der Waals surface area contributed by atoms with Crippen LogP contribution in [0.15, 0.2) is 11.8 Å². The standard InChI is InChI=1S/C17H26O12/c1-26-15(25)6-4-27-16(9-5(2-18)10(20)12(22)8(6)9)29-17-14(24)13(23)11(21)7(3-19)28-17/h4-5,7-14,16-24H,2-3H2,1H3/t5-,7-,8-,9-,10-,11-,12?,13+,14-,16+,17+/m1/s1. The third-order valence-corrected chi connectivity index (χ3v) is 5.82. The number of aliphatic hydroxyl groups is 7. The van der Waals surface area contributed by atoms with Gasteiger partial charge in [0.2, 0.25) is 6.29 Å². The molecule has 12 heteroatoms. The molecular formula is C17H26O12. The first-order valence-corrected chi connectivity index (χ1v) is 9.13. The minimum absolute atomic E-state index is 0.0614. The lowest BCUT2D eigenvalue weighted by Gasteiger charge is -2.43. The minimum atomic E-state index is -1.70. The molecule has 1 unspecified atom stereocenters. The fourth-order valence-corrected chi connectivity index (χ4v) is 4.23. The van der Waals surface area contributed by atoms with Crippen molar-refractivity contribution < 1.29 is 59.5 Å². The van der Waals surface area contributed by atoms with E-state index in [9.17, 15) is 40.5 Å². The number of hydrogen-bond acceptors (Lipinski definition) is 12. The molecule has 1 aliphatic carbocycles. The lowest BCUT2D eigenvalue weighted by atomic mass is 9.82. The highest BCUT2D eigenvalue weighted by Crippen LogP contribution is 2.47. The summed E-state index contributed by atoms with van der Waals surface area (Å²) in [7, 11) is 1.13. The highest BCUT2D eigenvalue weighted by atomic mass is 16.8. The van der Waals surface area contributed by atoms with Crippen LogP contribution in [0, 0.1) is 17.8 Å². The lowest BCUT2D eigenvalue weighted by molar-refractivity contribution is -0.343. The second kappa shape index (κ2) is 8.79. The summed E-state index contributed by atoms with van der Waals surface area (Å²) in [6, 6.07) is 0. The minimum Gasteiger partial charge on any atom is -0.472 e. The molecule has 2 heterocycles. The second-order valence-corrected chi connectivity index (χ2v) is 7.33. The van der Waals surface area contributed by atoms with Crippen molar-refractivity contribution in [1.82, 2.24) is 0 Å². The van der Waals surface area contributed by atoms with Crippen LogP contribution < -0.4 is 0 Å². The van der Waals surface area contributed by atoms with Gasteiger partial charge in [-0.15, -0.1) is 0 Å². The molecule has 29 heavy (non-hydrogen) atoms. The van der Waals surface area contributed by atoms with Crippen LogP contribution in [0.25, 0.3) is 0 Å². The van der Waals surface area contributed by atoms with E-state index in [0.29, 0.717) is 0 Å². The molecule has 2 aliphatic heterocycles. The quantitative estimate of drug-likeness (QED) is 0.211. The molecule has 166 valence electrons. The number of esters is 1. The highest BCUT2D eigenvalue weighted by molar-refractivity contribution is 5.89. The Morgan fingerprint density at radius 1 is 0.966 bits per heavy atom. The summed E-state index contributed by atoms with van der Waals surface area (Å²) in [6.45, 7) is -1.22. The van der Waals surface area contributed by atoms with Gasteiger partial charge in [0.25, 0.3) is 0 Å². The van der Waals surface area contributed by atoms with E-state index < -0.39 is 86.1 Å². The van der Waals surface area contributed by atoms with Gasteiger partial charge < -0.3 is 54.7 Å². The summed E-state index contributed by atoms with van der Waals surface area (Å²) in [4.78, 5) is 12.0. The number of carbonyl (C=O) groups is 1. The van der Waals surface area contributed by atoms with E-state index in [1.165, 1.54) is 0 Å². The first-order chi connectivity index (χ1) is 13.8. The molecule has 1 saturated heterocycles. The number of ether oxygens (including phenoxy) is 4. The fourth-order valence-electron chi connectivity index (χ4n) is 4.23. The number of carbonyl (C=O) groups excluding carboxylic acids is 1. The van der Waals surface area contributed by atoms with Crippen molar-refractivity contribution >= 4 is 5.97 Å². The molecule has 0 radical (unpaired) electrons. The number of hydrogen-bond donors (Lipinski definition) is 7. The van der Waals surface area contributed by atoms with Crippen LogP contribution in [0.2, 0.25) is 0 Å². The van der Waals surface area contributed by atoms with Gasteiger partial charge in [-0.3, -0.25) is 0 Å². The van der Waals surface area contributed by atoms with Gasteiger partial charge in [0, 0.05) is 24.4 Å². The van der Waals surface area contributed by atoms with Crippen LogP contribution in [0.1, 0.15) is 0 Å². The Morgan fingerprint density at radius 2 is 1.66 bits per heavy atom. The van der Waals surface area contributed by atoms with E-state index in [-0.39, 0.29) is 5.57 Å². The van der Waals surface area contributed by atoms with Crippen molar-refractivity contribution in [1.29, 1.82) is 0 Å². The summed E-state index contributed by atoms with van der Waals surface area (Å²) in [5.41, 5.74) is -0.0614. The fraction of sp³-hybridized carbons (Fsp3) is 0.824. The van der Waals surface area contributed by atoms with Crippen LogP contribution >= 0.6 is 0 Å². The largest absolute Gasteiger partial charge is 0.472 e. The topological polar surface area (TPSA) is 196 Å². The average molecular weight is 422 g/mol. The van der Waals surface area contributed by atoms with Crippen LogP contribution in [-0.4, -0.2) is 111 Å². The SMILES string of the molecule is COC(=O)C1=CO[C@@H](O[C@@H]2O[C@H](CO)[C@@H](O)[C@H](O)[C@H]2O)[C@@H]2[C@@H](CO)[C@@H](O)C(O)[C@H]12. The average Bonchev–Trinajstić information content (AvgIpc) is 2.98. The van der Waals surface area contributed by atoms with Gasteiger partial charge in [-0.05, 0) is 0 Å². The van der Waals surface area contributed by atoms with Crippen LogP contribution in [0.5, 0.6) is 0 Å². The number of methoxy groups -OCH3 is 1. The van der Waals surface area contributed by atoms with Crippen molar-refractivity contribution in [2.45, 2.75) is 49.2 Å². The van der Waals surface area contributed by atoms with Crippen molar-refractivity contribution in [3.63, 3.8) is 0 Å². The van der Waals surface area contributed by atoms with Crippen LogP contribution in [0.4, 0.5) is 0 Å². The lowest BCUT2D eigenvalue weighted by Crippen LogP contribution is -2.60. The van der Waals surface area contributed by atoms with E-state index in [1.54, 1.807) is 0 Å². The number of fused-ring (bicyclic) bond motifs is 1. The molecule has 0 bridgehead atoms. The molecule has 0 spiro atoms. The molecule has 0 aromatic carbocycles. The molecule has 3 rings (SSSR count). The molecular weight excluding hydrogens is 396 g/mol. The molecule has 12 nitrogen and oxygen atoms in total. The van der Waals surface area contributed by atoms with Gasteiger partial charge >= 0.3 is 5.97 Å². The molecule has 0 aromatic heterocycles. The predicted octanol–water partition coefficient (Wildman–Crippen LogP) is -4.21. The van der Waals surface area contributed by atoms with Gasteiger partial charge in [-0.25, -0.2) is 4.79 Å². The molecule has 11 atom stereocenters. The van der Waals surface area contributed by atoms with Gasteiger partial charge in [0.15, 0.2) is 6.29 Å². The summed E-state index contributed by atoms with van der Waals surface area (Å²) in [6.07, 6.45) is -10.9. The summed E-state index contributed by atoms with van der Waals surface area (Å²) < 4.78 is 21.0. The maximum Gasteiger partial charge on any atom is 0.337 e. The van der Waals surface area contributed by atoms with Gasteiger partial charge in [-0.2, -0.15) is 0 Å². The highest BCUT2D eigenvalue weighted by Gasteiger charge is 2.58. The summed E-state index contributed by atoms with van der Waals surface area (Å²) >= 11 is 0. The summed E-state index contributed by atoms with van der Waals surface area (Å²) in [5, 5.41) is 69.7. The van der Waals surface area contributed by atoms with Crippen LogP contribution in [-0.2, 0) is 23.7 Å².